The van der Waals surface area contributed by atoms with E-state index in [1.807, 2.05) is 9.80 Å². The summed E-state index contributed by atoms with van der Waals surface area (Å²) in [7, 11) is 0. The van der Waals surface area contributed by atoms with Crippen LogP contribution in [0.3, 0.4) is 0 Å². The Morgan fingerprint density at radius 1 is 0.966 bits per heavy atom. The molecule has 0 spiro atoms. The highest BCUT2D eigenvalue weighted by Crippen LogP contribution is 2.23. The third kappa shape index (κ3) is 4.26. The topological polar surface area (TPSA) is 43.9 Å². The molecule has 29 heavy (non-hydrogen) atoms. The van der Waals surface area contributed by atoms with Gasteiger partial charge in [-0.3, -0.25) is 4.79 Å². The van der Waals surface area contributed by atoms with E-state index in [1.165, 1.54) is 29.8 Å². The van der Waals surface area contributed by atoms with Crippen molar-refractivity contribution in [1.29, 1.82) is 0 Å². The van der Waals surface area contributed by atoms with E-state index in [2.05, 4.69) is 31.2 Å². The molecular formula is C23H26FN3O2. The molecule has 3 amide bonds. The second-order valence-electron chi connectivity index (χ2n) is 7.91. The van der Waals surface area contributed by atoms with Gasteiger partial charge in [-0.05, 0) is 49.6 Å². The fourth-order valence-electron chi connectivity index (χ4n) is 4.16. The van der Waals surface area contributed by atoms with E-state index in [0.29, 0.717) is 25.2 Å². The molecule has 4 rings (SSSR count). The van der Waals surface area contributed by atoms with E-state index in [9.17, 15) is 14.0 Å². The zero-order valence-electron chi connectivity index (χ0n) is 16.7. The maximum atomic E-state index is 13.1. The summed E-state index contributed by atoms with van der Waals surface area (Å²) in [5, 5.41) is 0. The normalized spacial score (nSPS) is 17.9. The Balaban J connectivity index is 1.31. The number of benzene rings is 2. The Morgan fingerprint density at radius 2 is 1.62 bits per heavy atom. The minimum atomic E-state index is -0.344. The van der Waals surface area contributed by atoms with Crippen molar-refractivity contribution < 1.29 is 14.0 Å². The van der Waals surface area contributed by atoms with Crippen molar-refractivity contribution >= 4 is 11.9 Å². The average molecular weight is 395 g/mol. The zero-order valence-corrected chi connectivity index (χ0v) is 16.7. The van der Waals surface area contributed by atoms with Crippen molar-refractivity contribution in [3.63, 3.8) is 0 Å². The number of carbonyl (C=O) groups excluding carboxylic acids is 2. The number of urea groups is 1. The standard InChI is InChI=1S/C23H26FN3O2/c1-17-2-4-18(5-3-17)16-26-14-15-27(23(26)29)21-10-12-25(13-11-21)22(28)19-6-8-20(24)9-7-19/h2-9,21H,10-16H2,1H3. The maximum Gasteiger partial charge on any atom is 0.320 e. The summed E-state index contributed by atoms with van der Waals surface area (Å²) in [5.41, 5.74) is 2.86. The summed E-state index contributed by atoms with van der Waals surface area (Å²) in [6.07, 6.45) is 1.55. The third-order valence-corrected chi connectivity index (χ3v) is 5.90. The maximum absolute atomic E-state index is 13.1. The molecule has 5 nitrogen and oxygen atoms in total. The SMILES string of the molecule is Cc1ccc(CN2CCN(C3CCN(C(=O)c4ccc(F)cc4)CC3)C2=O)cc1. The van der Waals surface area contributed by atoms with Gasteiger partial charge < -0.3 is 14.7 Å². The zero-order chi connectivity index (χ0) is 20.4. The van der Waals surface area contributed by atoms with Gasteiger partial charge in [0.2, 0.25) is 0 Å². The number of piperidine rings is 1. The van der Waals surface area contributed by atoms with Gasteiger partial charge >= 0.3 is 6.03 Å². The van der Waals surface area contributed by atoms with Crippen molar-refractivity contribution in [2.24, 2.45) is 0 Å². The largest absolute Gasteiger partial charge is 0.338 e. The number of halogens is 1. The van der Waals surface area contributed by atoms with E-state index >= 15 is 0 Å². The van der Waals surface area contributed by atoms with E-state index < -0.39 is 0 Å². The van der Waals surface area contributed by atoms with Crippen LogP contribution in [0.1, 0.15) is 34.3 Å². The Hall–Kier alpha value is -2.89. The fraction of sp³-hybridized carbons (Fsp3) is 0.391. The number of nitrogens with zero attached hydrogens (tertiary/aromatic N) is 3. The van der Waals surface area contributed by atoms with Crippen LogP contribution in [0.5, 0.6) is 0 Å². The van der Waals surface area contributed by atoms with Crippen LogP contribution in [0.4, 0.5) is 9.18 Å². The quantitative estimate of drug-likeness (QED) is 0.793. The summed E-state index contributed by atoms with van der Waals surface area (Å²) in [4.78, 5) is 31.1. The first kappa shape index (κ1) is 19.4. The van der Waals surface area contributed by atoms with Gasteiger partial charge in [-0.1, -0.05) is 29.8 Å². The monoisotopic (exact) mass is 395 g/mol. The molecule has 2 heterocycles. The summed E-state index contributed by atoms with van der Waals surface area (Å²) >= 11 is 0. The van der Waals surface area contributed by atoms with Gasteiger partial charge in [0.15, 0.2) is 0 Å². The van der Waals surface area contributed by atoms with Crippen molar-refractivity contribution in [2.75, 3.05) is 26.2 Å². The van der Waals surface area contributed by atoms with Gasteiger partial charge in [0, 0.05) is 44.3 Å². The minimum absolute atomic E-state index is 0.0720. The number of likely N-dealkylation sites (tertiary alicyclic amines) is 1. The molecule has 2 aromatic rings. The molecule has 0 aliphatic carbocycles. The minimum Gasteiger partial charge on any atom is -0.338 e. The van der Waals surface area contributed by atoms with Crippen LogP contribution < -0.4 is 0 Å². The first-order valence-electron chi connectivity index (χ1n) is 10.2. The van der Waals surface area contributed by atoms with Crippen LogP contribution in [0, 0.1) is 12.7 Å². The summed E-state index contributed by atoms with van der Waals surface area (Å²) < 4.78 is 13.1. The molecule has 0 bridgehead atoms. The molecule has 152 valence electrons. The van der Waals surface area contributed by atoms with E-state index in [1.54, 1.807) is 4.90 Å². The second kappa shape index (κ2) is 8.23. The smallest absolute Gasteiger partial charge is 0.320 e. The van der Waals surface area contributed by atoms with E-state index in [4.69, 9.17) is 0 Å². The lowest BCUT2D eigenvalue weighted by atomic mass is 10.0. The lowest BCUT2D eigenvalue weighted by molar-refractivity contribution is 0.0663. The van der Waals surface area contributed by atoms with Crippen LogP contribution >= 0.6 is 0 Å². The van der Waals surface area contributed by atoms with Crippen LogP contribution in [0.25, 0.3) is 0 Å². The molecule has 6 heteroatoms. The molecule has 0 N–H and O–H groups in total. The number of carbonyl (C=O) groups is 2. The van der Waals surface area contributed by atoms with Crippen LogP contribution in [0.2, 0.25) is 0 Å². The summed E-state index contributed by atoms with van der Waals surface area (Å²) in [6.45, 7) is 5.39. The molecule has 0 atom stereocenters. The summed E-state index contributed by atoms with van der Waals surface area (Å²) in [6, 6.07) is 14.2. The Morgan fingerprint density at radius 3 is 2.28 bits per heavy atom. The predicted molar refractivity (Wildman–Crippen MR) is 109 cm³/mol. The van der Waals surface area contributed by atoms with Gasteiger partial charge in [0.1, 0.15) is 5.82 Å². The second-order valence-corrected chi connectivity index (χ2v) is 7.91. The van der Waals surface area contributed by atoms with Crippen LogP contribution in [-0.4, -0.2) is 58.9 Å². The molecule has 2 saturated heterocycles. The fourth-order valence-corrected chi connectivity index (χ4v) is 4.16. The predicted octanol–water partition coefficient (Wildman–Crippen LogP) is 3.68. The molecule has 2 fully saturated rings. The first-order valence-corrected chi connectivity index (χ1v) is 10.2. The Kier molecular flexibility index (Phi) is 5.51. The highest BCUT2D eigenvalue weighted by atomic mass is 19.1. The van der Waals surface area contributed by atoms with Gasteiger partial charge in [-0.25, -0.2) is 9.18 Å². The van der Waals surface area contributed by atoms with Gasteiger partial charge in [-0.2, -0.15) is 0 Å². The molecule has 0 radical (unpaired) electrons. The number of hydrogen-bond acceptors (Lipinski definition) is 2. The molecule has 2 aliphatic rings. The number of amides is 3. The van der Waals surface area contributed by atoms with Crippen molar-refractivity contribution in [3.8, 4) is 0 Å². The van der Waals surface area contributed by atoms with Crippen LogP contribution in [-0.2, 0) is 6.54 Å². The van der Waals surface area contributed by atoms with Gasteiger partial charge in [0.05, 0.1) is 0 Å². The lowest BCUT2D eigenvalue weighted by Crippen LogP contribution is -2.48. The number of hydrogen-bond donors (Lipinski definition) is 0. The van der Waals surface area contributed by atoms with E-state index in [0.717, 1.165) is 31.5 Å². The molecule has 2 aromatic carbocycles. The lowest BCUT2D eigenvalue weighted by Gasteiger charge is -2.36. The highest BCUT2D eigenvalue weighted by molar-refractivity contribution is 5.94. The van der Waals surface area contributed by atoms with Gasteiger partial charge in [0.25, 0.3) is 5.91 Å². The number of aryl methyl sites for hydroxylation is 1. The Bertz CT molecular complexity index is 874. The third-order valence-electron chi connectivity index (χ3n) is 5.90. The van der Waals surface area contributed by atoms with Crippen molar-refractivity contribution in [3.05, 3.63) is 71.0 Å². The molecule has 0 aromatic heterocycles. The Labute approximate surface area is 170 Å². The van der Waals surface area contributed by atoms with E-state index in [-0.39, 0.29) is 23.8 Å². The van der Waals surface area contributed by atoms with Crippen LogP contribution in [0.15, 0.2) is 48.5 Å². The average Bonchev–Trinajstić information content (AvgIpc) is 3.10. The molecule has 0 saturated carbocycles. The molecular weight excluding hydrogens is 369 g/mol. The van der Waals surface area contributed by atoms with Crippen molar-refractivity contribution in [2.45, 2.75) is 32.4 Å². The van der Waals surface area contributed by atoms with Gasteiger partial charge in [-0.15, -0.1) is 0 Å². The van der Waals surface area contributed by atoms with Crippen molar-refractivity contribution in [1.82, 2.24) is 14.7 Å². The summed E-state index contributed by atoms with van der Waals surface area (Å²) in [5.74, 6) is -0.416. The number of rotatable bonds is 4. The molecule has 2 aliphatic heterocycles. The molecule has 0 unspecified atom stereocenters. The highest BCUT2D eigenvalue weighted by Gasteiger charge is 2.36. The first-order chi connectivity index (χ1) is 14.0.